The van der Waals surface area contributed by atoms with E-state index in [2.05, 4.69) is 5.10 Å². The van der Waals surface area contributed by atoms with Gasteiger partial charge in [0.05, 0.1) is 18.8 Å². The Balaban J connectivity index is 1.29. The molecule has 8 nitrogen and oxygen atoms in total. The van der Waals surface area contributed by atoms with Crippen LogP contribution in [0.25, 0.3) is 0 Å². The number of nitrogens with zero attached hydrogens (tertiary/aromatic N) is 4. The van der Waals surface area contributed by atoms with E-state index in [4.69, 9.17) is 9.47 Å². The van der Waals surface area contributed by atoms with Crippen molar-refractivity contribution < 1.29 is 19.1 Å². The molecule has 0 spiro atoms. The lowest BCUT2D eigenvalue weighted by Crippen LogP contribution is -2.51. The number of benzene rings is 1. The molecule has 1 aromatic heterocycles. The van der Waals surface area contributed by atoms with Crippen LogP contribution in [0.1, 0.15) is 43.6 Å². The molecule has 2 aliphatic heterocycles. The van der Waals surface area contributed by atoms with Crippen LogP contribution >= 0.6 is 0 Å². The molecule has 0 saturated carbocycles. The molecule has 0 unspecified atom stereocenters. The van der Waals surface area contributed by atoms with Crippen molar-refractivity contribution in [1.82, 2.24) is 19.6 Å². The number of hydrogen-bond acceptors (Lipinski definition) is 5. The normalized spacial score (nSPS) is 16.6. The topological polar surface area (TPSA) is 76.9 Å². The van der Waals surface area contributed by atoms with Crippen LogP contribution in [0.5, 0.6) is 0 Å². The molecule has 4 rings (SSSR count). The van der Waals surface area contributed by atoms with Crippen LogP contribution in [0.4, 0.5) is 9.59 Å². The molecular weight excluding hydrogens is 384 g/mol. The lowest BCUT2D eigenvalue weighted by molar-refractivity contribution is 0.0217. The summed E-state index contributed by atoms with van der Waals surface area (Å²) in [5.74, 6) is 0. The first-order chi connectivity index (χ1) is 14.3. The zero-order chi connectivity index (χ0) is 21.3. The van der Waals surface area contributed by atoms with E-state index >= 15 is 0 Å². The van der Waals surface area contributed by atoms with E-state index < -0.39 is 5.60 Å². The largest absolute Gasteiger partial charge is 0.445 e. The second-order valence-corrected chi connectivity index (χ2v) is 8.81. The van der Waals surface area contributed by atoms with Crippen LogP contribution in [0.3, 0.4) is 0 Å². The van der Waals surface area contributed by atoms with Gasteiger partial charge in [-0.1, -0.05) is 30.3 Å². The minimum absolute atomic E-state index is 0.145. The number of hydrogen-bond donors (Lipinski definition) is 0. The third-order valence-electron chi connectivity index (χ3n) is 5.29. The van der Waals surface area contributed by atoms with Crippen molar-refractivity contribution in [1.29, 1.82) is 0 Å². The molecule has 0 atom stereocenters. The summed E-state index contributed by atoms with van der Waals surface area (Å²) in [6.07, 6.45) is 1.95. The van der Waals surface area contributed by atoms with E-state index in [0.29, 0.717) is 26.2 Å². The Bertz CT molecular complexity index is 913. The molecular formula is C22H28N4O4. The molecule has 0 radical (unpaired) electrons. The minimum Gasteiger partial charge on any atom is -0.445 e. The Morgan fingerprint density at radius 3 is 2.53 bits per heavy atom. The van der Waals surface area contributed by atoms with Gasteiger partial charge < -0.3 is 19.3 Å². The summed E-state index contributed by atoms with van der Waals surface area (Å²) in [4.78, 5) is 28.0. The molecule has 3 heterocycles. The molecule has 0 N–H and O–H groups in total. The van der Waals surface area contributed by atoms with Crippen LogP contribution in [0, 0.1) is 0 Å². The number of ether oxygens (including phenoxy) is 2. The monoisotopic (exact) mass is 412 g/mol. The summed E-state index contributed by atoms with van der Waals surface area (Å²) in [6.45, 7) is 8.14. The van der Waals surface area contributed by atoms with E-state index in [-0.39, 0.29) is 24.8 Å². The first-order valence-corrected chi connectivity index (χ1v) is 10.3. The first kappa shape index (κ1) is 20.3. The average molecular weight is 412 g/mol. The molecule has 0 aliphatic carbocycles. The molecule has 2 aromatic rings. The fourth-order valence-electron chi connectivity index (χ4n) is 3.72. The second kappa shape index (κ2) is 8.01. The van der Waals surface area contributed by atoms with Gasteiger partial charge >= 0.3 is 12.2 Å². The van der Waals surface area contributed by atoms with Gasteiger partial charge in [-0.25, -0.2) is 9.59 Å². The van der Waals surface area contributed by atoms with E-state index in [9.17, 15) is 9.59 Å². The fraction of sp³-hybridized carbons (Fsp3) is 0.500. The Morgan fingerprint density at radius 2 is 1.83 bits per heavy atom. The van der Waals surface area contributed by atoms with Gasteiger partial charge in [0.2, 0.25) is 0 Å². The number of carbonyl (C=O) groups is 2. The van der Waals surface area contributed by atoms with E-state index in [1.807, 2.05) is 62.0 Å². The van der Waals surface area contributed by atoms with Gasteiger partial charge in [-0.15, -0.1) is 0 Å². The Hall–Kier alpha value is -3.03. The van der Waals surface area contributed by atoms with Crippen LogP contribution < -0.4 is 0 Å². The summed E-state index contributed by atoms with van der Waals surface area (Å²) in [6, 6.07) is 9.79. The highest BCUT2D eigenvalue weighted by molar-refractivity contribution is 5.69. The molecule has 1 aromatic carbocycles. The van der Waals surface area contributed by atoms with E-state index in [0.717, 1.165) is 23.2 Å². The fourth-order valence-corrected chi connectivity index (χ4v) is 3.72. The second-order valence-electron chi connectivity index (χ2n) is 8.81. The highest BCUT2D eigenvalue weighted by Crippen LogP contribution is 2.28. The lowest BCUT2D eigenvalue weighted by Gasteiger charge is -2.39. The van der Waals surface area contributed by atoms with Crippen LogP contribution in [-0.2, 0) is 29.0 Å². The van der Waals surface area contributed by atoms with E-state index in [1.165, 1.54) is 0 Å². The molecule has 0 bridgehead atoms. The number of amides is 2. The Kier molecular flexibility index (Phi) is 5.40. The minimum atomic E-state index is -0.508. The predicted molar refractivity (Wildman–Crippen MR) is 110 cm³/mol. The SMILES string of the molecule is CC(C)(C)OC(=O)N1CCc2c(cnn2C2CN(C(=O)OCc3ccccc3)C2)C1. The molecule has 160 valence electrons. The average Bonchev–Trinajstić information content (AvgIpc) is 3.08. The third kappa shape index (κ3) is 4.42. The molecule has 2 amide bonds. The van der Waals surface area contributed by atoms with Crippen molar-refractivity contribution in [2.75, 3.05) is 19.6 Å². The van der Waals surface area contributed by atoms with Gasteiger partial charge in [0.1, 0.15) is 12.2 Å². The first-order valence-electron chi connectivity index (χ1n) is 10.3. The Labute approximate surface area is 176 Å². The zero-order valence-corrected chi connectivity index (χ0v) is 17.7. The maximum Gasteiger partial charge on any atom is 0.410 e. The van der Waals surface area contributed by atoms with Crippen molar-refractivity contribution in [3.63, 3.8) is 0 Å². The molecule has 30 heavy (non-hydrogen) atoms. The summed E-state index contributed by atoms with van der Waals surface area (Å²) in [5, 5.41) is 4.53. The standard InChI is InChI=1S/C22H28N4O4/c1-22(2,3)30-21(28)24-10-9-19-17(12-24)11-23-26(19)18-13-25(14-18)20(27)29-15-16-7-5-4-6-8-16/h4-8,11,18H,9-10,12-15H2,1-3H3. The van der Waals surface area contributed by atoms with Gasteiger partial charge in [0.25, 0.3) is 0 Å². The highest BCUT2D eigenvalue weighted by Gasteiger charge is 2.36. The number of likely N-dealkylation sites (tertiary alicyclic amines) is 1. The Morgan fingerprint density at radius 1 is 1.10 bits per heavy atom. The number of aromatic nitrogens is 2. The quantitative estimate of drug-likeness (QED) is 0.773. The molecule has 1 fully saturated rings. The molecule has 1 saturated heterocycles. The summed E-state index contributed by atoms with van der Waals surface area (Å²) in [5.41, 5.74) is 2.64. The predicted octanol–water partition coefficient (Wildman–Crippen LogP) is 3.37. The summed E-state index contributed by atoms with van der Waals surface area (Å²) < 4.78 is 12.9. The zero-order valence-electron chi connectivity index (χ0n) is 17.7. The number of rotatable bonds is 3. The summed E-state index contributed by atoms with van der Waals surface area (Å²) in [7, 11) is 0. The van der Waals surface area contributed by atoms with Crippen molar-refractivity contribution in [3.8, 4) is 0 Å². The van der Waals surface area contributed by atoms with Crippen molar-refractivity contribution in [2.24, 2.45) is 0 Å². The van der Waals surface area contributed by atoms with Gasteiger partial charge in [-0.3, -0.25) is 4.68 Å². The van der Waals surface area contributed by atoms with E-state index in [1.54, 1.807) is 9.80 Å². The maximum atomic E-state index is 12.3. The smallest absolute Gasteiger partial charge is 0.410 e. The van der Waals surface area contributed by atoms with Crippen LogP contribution in [0.2, 0.25) is 0 Å². The molecule has 2 aliphatic rings. The van der Waals surface area contributed by atoms with Gasteiger partial charge in [0, 0.05) is 37.3 Å². The third-order valence-corrected chi connectivity index (χ3v) is 5.29. The van der Waals surface area contributed by atoms with Gasteiger partial charge in [-0.05, 0) is 26.3 Å². The van der Waals surface area contributed by atoms with Crippen molar-refractivity contribution in [2.45, 2.75) is 52.0 Å². The van der Waals surface area contributed by atoms with Crippen LogP contribution in [-0.4, -0.2) is 57.0 Å². The number of fused-ring (bicyclic) bond motifs is 1. The van der Waals surface area contributed by atoms with Crippen molar-refractivity contribution in [3.05, 3.63) is 53.3 Å². The summed E-state index contributed by atoms with van der Waals surface area (Å²) >= 11 is 0. The number of carbonyl (C=O) groups excluding carboxylic acids is 2. The van der Waals surface area contributed by atoms with Gasteiger partial charge in [-0.2, -0.15) is 5.10 Å². The van der Waals surface area contributed by atoms with Crippen LogP contribution in [0.15, 0.2) is 36.5 Å². The van der Waals surface area contributed by atoms with Gasteiger partial charge in [0.15, 0.2) is 0 Å². The lowest BCUT2D eigenvalue weighted by atomic mass is 10.1. The highest BCUT2D eigenvalue weighted by atomic mass is 16.6. The maximum absolute atomic E-state index is 12.3. The molecule has 8 heteroatoms. The van der Waals surface area contributed by atoms with Crippen molar-refractivity contribution >= 4 is 12.2 Å².